The van der Waals surface area contributed by atoms with E-state index in [0.29, 0.717) is 66.8 Å². The van der Waals surface area contributed by atoms with E-state index < -0.39 is 36.4 Å². The van der Waals surface area contributed by atoms with E-state index in [1.54, 1.807) is 39.9 Å². The van der Waals surface area contributed by atoms with Gasteiger partial charge in [-0.1, -0.05) is 62.4 Å². The van der Waals surface area contributed by atoms with Gasteiger partial charge in [0.25, 0.3) is 5.91 Å². The fraction of sp³-hybridized carbons (Fsp3) is 0.388. The van der Waals surface area contributed by atoms with E-state index in [4.69, 9.17) is 40.6 Å². The molecule has 350 valence electrons. The topological polar surface area (TPSA) is 223 Å². The Morgan fingerprint density at radius 1 is 0.851 bits per heavy atom. The van der Waals surface area contributed by atoms with Crippen LogP contribution in [0.1, 0.15) is 80.9 Å². The lowest BCUT2D eigenvalue weighted by molar-refractivity contribution is -0.137. The summed E-state index contributed by atoms with van der Waals surface area (Å²) >= 11 is 0. The van der Waals surface area contributed by atoms with Crippen LogP contribution in [-0.4, -0.2) is 99.7 Å². The molecule has 0 aliphatic carbocycles. The number of ether oxygens (including phenoxy) is 4. The van der Waals surface area contributed by atoms with E-state index in [-0.39, 0.29) is 29.7 Å². The number of fused-ring (bicyclic) bond motifs is 6. The van der Waals surface area contributed by atoms with E-state index in [2.05, 4.69) is 22.8 Å². The first-order chi connectivity index (χ1) is 32.3. The molecule has 0 radical (unpaired) electrons. The third-order valence-corrected chi connectivity index (χ3v) is 13.5. The summed E-state index contributed by atoms with van der Waals surface area (Å²) in [6.45, 7) is 6.88. The minimum absolute atomic E-state index is 0.00671. The predicted molar refractivity (Wildman–Crippen MR) is 250 cm³/mol. The van der Waals surface area contributed by atoms with Crippen molar-refractivity contribution in [3.05, 3.63) is 102 Å². The van der Waals surface area contributed by atoms with Crippen LogP contribution in [-0.2, 0) is 30.4 Å². The Labute approximate surface area is 387 Å². The number of likely N-dealkylation sites (tertiary alicyclic amines) is 2. The molecule has 2 aromatic heterocycles. The van der Waals surface area contributed by atoms with Gasteiger partial charge in [-0.15, -0.1) is 0 Å². The molecule has 9 rings (SSSR count). The van der Waals surface area contributed by atoms with Crippen LogP contribution in [0.3, 0.4) is 0 Å². The second kappa shape index (κ2) is 18.1. The first kappa shape index (κ1) is 44.8. The van der Waals surface area contributed by atoms with Crippen LogP contribution in [0, 0.1) is 11.8 Å². The van der Waals surface area contributed by atoms with Crippen LogP contribution in [0.5, 0.6) is 5.75 Å². The first-order valence-electron chi connectivity index (χ1n) is 22.5. The summed E-state index contributed by atoms with van der Waals surface area (Å²) in [5, 5.41) is 7.24. The number of nitrogens with zero attached hydrogens (tertiary/aromatic N) is 6. The Kier molecular flexibility index (Phi) is 12.1. The Hall–Kier alpha value is -7.34. The molecule has 4 aromatic carbocycles. The van der Waals surface area contributed by atoms with E-state index >= 15 is 0 Å². The maximum Gasteiger partial charge on any atom is 0.407 e. The highest BCUT2D eigenvalue weighted by Gasteiger charge is 2.44. The Bertz CT molecular complexity index is 2880. The molecule has 6 aromatic rings. The Morgan fingerprint density at radius 3 is 2.34 bits per heavy atom. The normalized spacial score (nSPS) is 19.7. The van der Waals surface area contributed by atoms with Crippen LogP contribution >= 0.6 is 0 Å². The minimum Gasteiger partial charge on any atom is -0.488 e. The number of rotatable bonds is 11. The molecule has 0 bridgehead atoms. The second-order valence-corrected chi connectivity index (χ2v) is 18.0. The summed E-state index contributed by atoms with van der Waals surface area (Å²) < 4.78 is 24.8. The van der Waals surface area contributed by atoms with E-state index in [1.807, 2.05) is 69.3 Å². The molecule has 0 saturated carbocycles. The summed E-state index contributed by atoms with van der Waals surface area (Å²) in [4.78, 5) is 66.5. The van der Waals surface area contributed by atoms with Crippen molar-refractivity contribution in [3.63, 3.8) is 0 Å². The number of alkyl carbamates (subject to hydrolysis) is 2. The van der Waals surface area contributed by atoms with Crippen molar-refractivity contribution in [2.24, 2.45) is 11.8 Å². The lowest BCUT2D eigenvalue weighted by Gasteiger charge is -2.33. The monoisotopic (exact) mass is 912 g/mol. The largest absolute Gasteiger partial charge is 0.488 e. The zero-order valence-corrected chi connectivity index (χ0v) is 38.4. The molecule has 4 amide bonds. The highest BCUT2D eigenvalue weighted by atomic mass is 16.5. The number of carbonyl (C=O) groups excluding carboxylic acids is 4. The summed E-state index contributed by atoms with van der Waals surface area (Å²) in [6, 6.07) is 20.5. The van der Waals surface area contributed by atoms with Crippen LogP contribution in [0.4, 0.5) is 9.59 Å². The molecular formula is C49H56N10O8. The van der Waals surface area contributed by atoms with Gasteiger partial charge in [0, 0.05) is 42.1 Å². The van der Waals surface area contributed by atoms with Gasteiger partial charge in [0.1, 0.15) is 30.3 Å². The Balaban J connectivity index is 1.00. The van der Waals surface area contributed by atoms with Gasteiger partial charge in [0.2, 0.25) is 5.91 Å². The summed E-state index contributed by atoms with van der Waals surface area (Å²) in [5.41, 5.74) is 6.39. The zero-order valence-electron chi connectivity index (χ0n) is 38.4. The van der Waals surface area contributed by atoms with E-state index in [0.717, 1.165) is 45.0 Å². The molecular weight excluding hydrogens is 857 g/mol. The van der Waals surface area contributed by atoms with Gasteiger partial charge in [0.15, 0.2) is 5.82 Å². The molecule has 18 nitrogen and oxygen atoms in total. The molecule has 6 atom stereocenters. The van der Waals surface area contributed by atoms with Crippen LogP contribution in [0.15, 0.2) is 79.0 Å². The highest BCUT2D eigenvalue weighted by Crippen LogP contribution is 2.45. The number of nitrogens with two attached hydrogens (primary N) is 2. The fourth-order valence-corrected chi connectivity index (χ4v) is 10.2. The number of amides is 4. The standard InChI is InChI=1S/C49H56N10O8/c1-26(2)41(54-48(62)65-5)47(61)57-27(3)12-17-37(57)45-53-36-16-14-30-20-35-33-15-13-31(19-32(33)25-67-40(35)21-34(30)43(36)59(45)51)39-22-52-44(58(39)50)38-18-28(24-64-4)23-56(38)46(60)42(55-49(63)66-6)29-10-8-7-9-11-29/h7-11,13-16,19-22,26-28,37-38,41-42H,12,17-18,23-25,50-51H2,1-6H3,(H,54,62)(H,55,63)/t27-,28?,37-,38-,41-,42+/m0/s1. The molecule has 0 spiro atoms. The van der Waals surface area contributed by atoms with Gasteiger partial charge in [-0.3, -0.25) is 9.59 Å². The van der Waals surface area contributed by atoms with Crippen molar-refractivity contribution < 1.29 is 38.1 Å². The van der Waals surface area contributed by atoms with Crippen molar-refractivity contribution in [2.75, 3.05) is 46.2 Å². The lowest BCUT2D eigenvalue weighted by Crippen LogP contribution is -2.52. The molecule has 18 heteroatoms. The number of carbonyl (C=O) groups is 4. The predicted octanol–water partition coefficient (Wildman–Crippen LogP) is 6.11. The fourth-order valence-electron chi connectivity index (χ4n) is 10.2. The second-order valence-electron chi connectivity index (χ2n) is 18.0. The third-order valence-electron chi connectivity index (χ3n) is 13.5. The maximum absolute atomic E-state index is 14.4. The van der Waals surface area contributed by atoms with Gasteiger partial charge >= 0.3 is 12.2 Å². The molecule has 2 fully saturated rings. The van der Waals surface area contributed by atoms with Crippen molar-refractivity contribution in [1.29, 1.82) is 0 Å². The van der Waals surface area contributed by atoms with Crippen molar-refractivity contribution in [3.8, 4) is 28.1 Å². The van der Waals surface area contributed by atoms with E-state index in [9.17, 15) is 19.2 Å². The summed E-state index contributed by atoms with van der Waals surface area (Å²) in [5.74, 6) is 14.9. The maximum atomic E-state index is 14.4. The molecule has 3 aliphatic rings. The average molecular weight is 913 g/mol. The van der Waals surface area contributed by atoms with Crippen LogP contribution < -0.4 is 27.1 Å². The lowest BCUT2D eigenvalue weighted by atomic mass is 9.92. The zero-order chi connectivity index (χ0) is 47.3. The number of hydrogen-bond donors (Lipinski definition) is 4. The van der Waals surface area contributed by atoms with Gasteiger partial charge in [-0.25, -0.2) is 28.9 Å². The average Bonchev–Trinajstić information content (AvgIpc) is 4.12. The minimum atomic E-state index is -0.995. The number of methoxy groups -OCH3 is 3. The first-order valence-corrected chi connectivity index (χ1v) is 22.5. The smallest absolute Gasteiger partial charge is 0.407 e. The molecule has 6 N–H and O–H groups in total. The van der Waals surface area contributed by atoms with Gasteiger partial charge in [-0.2, -0.15) is 0 Å². The summed E-state index contributed by atoms with van der Waals surface area (Å²) in [7, 11) is 4.17. The molecule has 2 saturated heterocycles. The Morgan fingerprint density at radius 2 is 1.61 bits per heavy atom. The molecule has 3 aliphatic heterocycles. The van der Waals surface area contributed by atoms with Crippen molar-refractivity contribution in [1.82, 2.24) is 39.8 Å². The molecule has 5 heterocycles. The molecule has 1 unspecified atom stereocenters. The third kappa shape index (κ3) is 8.08. The SMILES string of the molecule is COCC1C[C@@H](c2ncc(-c3ccc4c(c3)COc3cc5c(ccc6nc([C@@H]7CC[C@H](C)N7C(=O)[C@@H](NC(=O)OC)C(C)C)n(N)c65)cc3-4)n2N)N(C(=O)[C@H](NC(=O)OC)c2ccccc2)C1. The molecule has 67 heavy (non-hydrogen) atoms. The van der Waals surface area contributed by atoms with Crippen LogP contribution in [0.2, 0.25) is 0 Å². The van der Waals surface area contributed by atoms with Gasteiger partial charge in [-0.05, 0) is 78.4 Å². The number of aromatic nitrogens is 4. The number of hydrogen-bond acceptors (Lipinski definition) is 12. The van der Waals surface area contributed by atoms with E-state index in [1.165, 1.54) is 18.9 Å². The highest BCUT2D eigenvalue weighted by molar-refractivity contribution is 6.07. The summed E-state index contributed by atoms with van der Waals surface area (Å²) in [6.07, 6.45) is 2.31. The van der Waals surface area contributed by atoms with Gasteiger partial charge in [0.05, 0.1) is 55.8 Å². The van der Waals surface area contributed by atoms with Gasteiger partial charge < -0.3 is 51.1 Å². The van der Waals surface area contributed by atoms with Crippen molar-refractivity contribution in [2.45, 2.75) is 76.8 Å². The number of imidazole rings is 2. The van der Waals surface area contributed by atoms with Crippen LogP contribution in [0.25, 0.3) is 44.2 Å². The quantitative estimate of drug-likeness (QED) is 0.108. The number of nitrogens with one attached hydrogen (secondary N) is 2. The van der Waals surface area contributed by atoms with Crippen molar-refractivity contribution >= 4 is 45.8 Å². The number of nitrogen functional groups attached to an aromatic ring is 2. The number of benzene rings is 4.